The zero-order valence-electron chi connectivity index (χ0n) is 44.5. The fraction of sp³-hybridized carbons (Fsp3) is 0.345. The van der Waals surface area contributed by atoms with E-state index < -0.39 is 23.3 Å². The number of imidazole rings is 2. The number of aliphatic hydroxyl groups excluding tert-OH is 1. The van der Waals surface area contributed by atoms with Crippen molar-refractivity contribution in [3.05, 3.63) is 126 Å². The number of nitrogens with zero attached hydrogens (tertiary/aromatic N) is 12. The highest BCUT2D eigenvalue weighted by molar-refractivity contribution is 5.73. The molecule has 400 valence electrons. The Hall–Kier alpha value is -7.88. The average Bonchev–Trinajstić information content (AvgIpc) is 4.00. The number of fused-ring (bicyclic) bond motifs is 2. The zero-order valence-corrected chi connectivity index (χ0v) is 44.5. The number of benzene rings is 2. The van der Waals surface area contributed by atoms with E-state index in [2.05, 4.69) is 80.8 Å². The lowest BCUT2D eigenvalue weighted by Crippen LogP contribution is -2.44. The van der Waals surface area contributed by atoms with Gasteiger partial charge in [0.05, 0.1) is 55.1 Å². The first kappa shape index (κ1) is 54.4. The lowest BCUT2D eigenvalue weighted by Gasteiger charge is -2.34. The van der Waals surface area contributed by atoms with E-state index in [1.807, 2.05) is 64.1 Å². The van der Waals surface area contributed by atoms with E-state index >= 15 is 0 Å². The van der Waals surface area contributed by atoms with Crippen LogP contribution in [0.15, 0.2) is 79.9 Å². The molecule has 76 heavy (non-hydrogen) atoms. The second kappa shape index (κ2) is 23.3. The lowest BCUT2D eigenvalue weighted by atomic mass is 10.1. The average molecular weight is 1050 g/mol. The molecule has 0 unspecified atom stereocenters. The minimum atomic E-state index is -0.671. The predicted octanol–water partition coefficient (Wildman–Crippen LogP) is 9.53. The molecule has 0 aliphatic carbocycles. The molecule has 8 heterocycles. The summed E-state index contributed by atoms with van der Waals surface area (Å²) in [5, 5.41) is 13.2. The Kier molecular flexibility index (Phi) is 16.7. The predicted molar refractivity (Wildman–Crippen MR) is 291 cm³/mol. The highest BCUT2D eigenvalue weighted by Crippen LogP contribution is 2.36. The van der Waals surface area contributed by atoms with Crippen molar-refractivity contribution in [2.75, 3.05) is 108 Å². The monoisotopic (exact) mass is 1040 g/mol. The van der Waals surface area contributed by atoms with Crippen LogP contribution in [-0.4, -0.2) is 141 Å². The quantitative estimate of drug-likeness (QED) is 0.0992. The third-order valence-electron chi connectivity index (χ3n) is 13.3. The molecule has 2 aliphatic heterocycles. The van der Waals surface area contributed by atoms with Crippen molar-refractivity contribution in [1.82, 2.24) is 48.5 Å². The van der Waals surface area contributed by atoms with Crippen molar-refractivity contribution in [3.8, 4) is 34.0 Å². The fourth-order valence-corrected chi connectivity index (χ4v) is 9.51. The third kappa shape index (κ3) is 11.5. The number of aryl methyl sites for hydroxylation is 2. The molecule has 8 aromatic rings. The number of ether oxygens (including phenoxy) is 2. The van der Waals surface area contributed by atoms with Gasteiger partial charge >= 0.3 is 0 Å². The van der Waals surface area contributed by atoms with Crippen LogP contribution in [0, 0.1) is 37.1 Å². The highest BCUT2D eigenvalue weighted by atomic mass is 19.1. The van der Waals surface area contributed by atoms with E-state index in [9.17, 15) is 17.6 Å². The van der Waals surface area contributed by atoms with Gasteiger partial charge in [-0.25, -0.2) is 47.5 Å². The molecule has 2 fully saturated rings. The van der Waals surface area contributed by atoms with Gasteiger partial charge in [0, 0.05) is 112 Å². The first-order valence-electron chi connectivity index (χ1n) is 24.8. The number of anilines is 6. The molecule has 0 radical (unpaired) electrons. The topological polar surface area (TPSA) is 162 Å². The maximum Gasteiger partial charge on any atom is 0.228 e. The van der Waals surface area contributed by atoms with Gasteiger partial charge in [-0.15, -0.1) is 0 Å². The van der Waals surface area contributed by atoms with E-state index in [4.69, 9.17) is 14.6 Å². The van der Waals surface area contributed by atoms with Crippen LogP contribution in [0.1, 0.15) is 49.5 Å². The van der Waals surface area contributed by atoms with Crippen LogP contribution >= 0.6 is 0 Å². The zero-order chi connectivity index (χ0) is 54.5. The fourth-order valence-electron chi connectivity index (χ4n) is 9.51. The number of nitrogens with one attached hydrogen (secondary N) is 2. The molecule has 2 saturated heterocycles. The molecule has 17 nitrogen and oxygen atoms in total. The number of likely N-dealkylation sites (N-methyl/N-ethyl adjacent to an activating group) is 2. The number of halogens is 4. The van der Waals surface area contributed by atoms with Crippen LogP contribution in [0.5, 0.6) is 11.5 Å². The Labute approximate surface area is 439 Å². The number of pyridine rings is 2. The summed E-state index contributed by atoms with van der Waals surface area (Å²) in [6.07, 6.45) is 5.44. The van der Waals surface area contributed by atoms with E-state index in [0.717, 1.165) is 100 Å². The third-order valence-corrected chi connectivity index (χ3v) is 13.3. The molecule has 10 rings (SSSR count). The standard InChI is InChI=1S/C27H31F2N7O.C27H29F2N7O.CH4O/c2*1-16(2)25-17(3)31-26-20(28)12-18(15-36(25)26)24-21(29)14-30-27(33-24)32-22-7-6-19(13-23(22)37-5)35-10-8-34(4)9-11-35;1-2/h6-7,12-16H,8-11H2,1-5H3,(H,30,32,33);6-7,12-15H,1,8-11H2,2-5H3,(H,30,32,33);2H,1H3. The van der Waals surface area contributed by atoms with Crippen molar-refractivity contribution in [2.24, 2.45) is 0 Å². The Bertz CT molecular complexity index is 3390. The van der Waals surface area contributed by atoms with E-state index in [1.54, 1.807) is 42.3 Å². The second-order valence-electron chi connectivity index (χ2n) is 19.0. The van der Waals surface area contributed by atoms with Crippen molar-refractivity contribution in [3.63, 3.8) is 0 Å². The summed E-state index contributed by atoms with van der Waals surface area (Å²) >= 11 is 0. The Morgan fingerprint density at radius 3 is 1.45 bits per heavy atom. The normalized spacial score (nSPS) is 14.1. The van der Waals surface area contributed by atoms with Gasteiger partial charge in [-0.1, -0.05) is 20.4 Å². The Morgan fingerprint density at radius 2 is 1.03 bits per heavy atom. The minimum Gasteiger partial charge on any atom is -0.494 e. The molecule has 0 atom stereocenters. The lowest BCUT2D eigenvalue weighted by molar-refractivity contribution is 0.312. The number of aliphatic hydroxyl groups is 1. The number of hydrogen-bond donors (Lipinski definition) is 3. The van der Waals surface area contributed by atoms with E-state index in [0.29, 0.717) is 39.8 Å². The van der Waals surface area contributed by atoms with Crippen LogP contribution in [0.2, 0.25) is 0 Å². The van der Waals surface area contributed by atoms with Crippen molar-refractivity contribution < 1.29 is 32.1 Å². The summed E-state index contributed by atoms with van der Waals surface area (Å²) < 4.78 is 74.2. The summed E-state index contributed by atoms with van der Waals surface area (Å²) in [4.78, 5) is 34.8. The summed E-state index contributed by atoms with van der Waals surface area (Å²) in [5.74, 6) is -0.772. The molecular weight excluding hydrogens is 981 g/mol. The molecule has 2 aromatic carbocycles. The van der Waals surface area contributed by atoms with Gasteiger partial charge in [0.2, 0.25) is 11.9 Å². The number of piperazine rings is 2. The molecule has 2 aliphatic rings. The number of aromatic nitrogens is 8. The first-order chi connectivity index (χ1) is 36.5. The van der Waals surface area contributed by atoms with Gasteiger partial charge in [0.1, 0.15) is 22.9 Å². The molecule has 21 heteroatoms. The number of hydrogen-bond acceptors (Lipinski definition) is 15. The smallest absolute Gasteiger partial charge is 0.228 e. The highest BCUT2D eigenvalue weighted by Gasteiger charge is 2.23. The maximum absolute atomic E-state index is 15.0. The molecule has 0 spiro atoms. The summed E-state index contributed by atoms with van der Waals surface area (Å²) in [6, 6.07) is 14.2. The van der Waals surface area contributed by atoms with Crippen LogP contribution in [0.3, 0.4) is 0 Å². The van der Waals surface area contributed by atoms with Gasteiger partial charge in [-0.3, -0.25) is 4.40 Å². The molecular formula is C55H64F4N14O3. The first-order valence-corrected chi connectivity index (χ1v) is 24.8. The molecule has 0 amide bonds. The van der Waals surface area contributed by atoms with Crippen LogP contribution in [0.25, 0.3) is 39.4 Å². The number of allylic oxidation sites excluding steroid dienone is 1. The van der Waals surface area contributed by atoms with E-state index in [1.165, 1.54) is 12.1 Å². The Morgan fingerprint density at radius 1 is 0.605 bits per heavy atom. The van der Waals surface area contributed by atoms with Gasteiger partial charge in [-0.2, -0.15) is 0 Å². The molecule has 6 aromatic heterocycles. The maximum atomic E-state index is 15.0. The van der Waals surface area contributed by atoms with Gasteiger partial charge < -0.3 is 49.2 Å². The second-order valence-corrected chi connectivity index (χ2v) is 19.0. The SMILES string of the molecule is C=C(C)c1c(C)nc2c(F)cc(-c3nc(Nc4ccc(N5CCN(C)CC5)cc4OC)ncc3F)cn12.CO.COc1cc(N2CCN(C)CC2)ccc1Nc1ncc(F)c(-c2cc(F)c3nc(C)c(C(C)C)n3c2)n1. The van der Waals surface area contributed by atoms with Crippen LogP contribution in [0.4, 0.5) is 52.2 Å². The molecule has 3 N–H and O–H groups in total. The summed E-state index contributed by atoms with van der Waals surface area (Å²) in [7, 11) is 8.43. The van der Waals surface area contributed by atoms with E-state index in [-0.39, 0.29) is 46.1 Å². The largest absolute Gasteiger partial charge is 0.494 e. The van der Waals surface area contributed by atoms with Crippen LogP contribution in [-0.2, 0) is 0 Å². The molecule has 0 saturated carbocycles. The minimum absolute atomic E-state index is 0.00705. The van der Waals surface area contributed by atoms with Gasteiger partial charge in [0.25, 0.3) is 0 Å². The van der Waals surface area contributed by atoms with Crippen LogP contribution < -0.4 is 29.9 Å². The van der Waals surface area contributed by atoms with Gasteiger partial charge in [-0.05, 0) is 82.8 Å². The number of methoxy groups -OCH3 is 2. The van der Waals surface area contributed by atoms with Crippen molar-refractivity contribution in [2.45, 2.75) is 40.5 Å². The number of rotatable bonds is 12. The molecule has 0 bridgehead atoms. The van der Waals surface area contributed by atoms with Gasteiger partial charge in [0.15, 0.2) is 34.6 Å². The van der Waals surface area contributed by atoms with Crippen molar-refractivity contribution >= 4 is 51.5 Å². The Balaban J connectivity index is 0.000000195. The van der Waals surface area contributed by atoms with Crippen molar-refractivity contribution in [1.29, 1.82) is 0 Å². The summed E-state index contributed by atoms with van der Waals surface area (Å²) in [5.41, 5.74) is 7.92. The summed E-state index contributed by atoms with van der Waals surface area (Å²) in [6.45, 7) is 21.2.